The maximum absolute atomic E-state index is 12.1. The summed E-state index contributed by atoms with van der Waals surface area (Å²) in [5.74, 6) is 4.60. The maximum atomic E-state index is 12.1. The van der Waals surface area contributed by atoms with Gasteiger partial charge in [0, 0.05) is 18.6 Å². The molecule has 0 heterocycles. The highest BCUT2D eigenvalue weighted by Gasteiger charge is 2.19. The van der Waals surface area contributed by atoms with E-state index >= 15 is 0 Å². The SMILES string of the molecule is CC(C)NC(=O)[C@H](CCCCNC(=O)CON)NC(C)C. The van der Waals surface area contributed by atoms with E-state index in [1.807, 2.05) is 27.7 Å². The predicted octanol–water partition coefficient (Wildman–Crippen LogP) is 0.0544. The summed E-state index contributed by atoms with van der Waals surface area (Å²) in [7, 11) is 0. The fraction of sp³-hybridized carbons (Fsp3) is 0.857. The molecule has 0 saturated carbocycles. The fourth-order valence-corrected chi connectivity index (χ4v) is 1.91. The minimum atomic E-state index is -0.230. The van der Waals surface area contributed by atoms with Crippen LogP contribution in [0.3, 0.4) is 0 Å². The van der Waals surface area contributed by atoms with Crippen molar-refractivity contribution in [3.63, 3.8) is 0 Å². The molecule has 0 saturated heterocycles. The summed E-state index contributed by atoms with van der Waals surface area (Å²) < 4.78 is 0. The van der Waals surface area contributed by atoms with Crippen molar-refractivity contribution in [3.05, 3.63) is 0 Å². The van der Waals surface area contributed by atoms with Crippen LogP contribution in [0.2, 0.25) is 0 Å². The highest BCUT2D eigenvalue weighted by atomic mass is 16.6. The Morgan fingerprint density at radius 1 is 1.10 bits per heavy atom. The van der Waals surface area contributed by atoms with E-state index in [1.165, 1.54) is 0 Å². The second-order valence-corrected chi connectivity index (χ2v) is 5.69. The van der Waals surface area contributed by atoms with E-state index in [0.29, 0.717) is 6.54 Å². The van der Waals surface area contributed by atoms with Gasteiger partial charge in [-0.05, 0) is 33.1 Å². The van der Waals surface area contributed by atoms with Crippen LogP contribution in [-0.2, 0) is 14.4 Å². The molecule has 0 unspecified atom stereocenters. The molecule has 1 atom stereocenters. The van der Waals surface area contributed by atoms with Gasteiger partial charge in [-0.25, -0.2) is 5.90 Å². The van der Waals surface area contributed by atoms with Gasteiger partial charge >= 0.3 is 0 Å². The summed E-state index contributed by atoms with van der Waals surface area (Å²) in [6.07, 6.45) is 2.39. The van der Waals surface area contributed by atoms with Crippen molar-refractivity contribution in [1.82, 2.24) is 16.0 Å². The van der Waals surface area contributed by atoms with E-state index in [-0.39, 0.29) is 36.5 Å². The molecular formula is C14H30N4O3. The number of rotatable bonds is 11. The quantitative estimate of drug-likeness (QED) is 0.319. The van der Waals surface area contributed by atoms with Crippen LogP contribution in [0, 0.1) is 0 Å². The first-order chi connectivity index (χ1) is 9.86. The lowest BCUT2D eigenvalue weighted by molar-refractivity contribution is -0.126. The molecule has 7 heteroatoms. The average molecular weight is 302 g/mol. The molecule has 0 aliphatic heterocycles. The number of amides is 2. The maximum Gasteiger partial charge on any atom is 0.248 e. The van der Waals surface area contributed by atoms with Gasteiger partial charge in [-0.2, -0.15) is 0 Å². The Balaban J connectivity index is 4.01. The Morgan fingerprint density at radius 3 is 2.29 bits per heavy atom. The molecule has 2 amide bonds. The van der Waals surface area contributed by atoms with Crippen molar-refractivity contribution in [3.8, 4) is 0 Å². The molecule has 0 bridgehead atoms. The molecule has 0 aromatic heterocycles. The first kappa shape index (κ1) is 19.8. The summed E-state index contributed by atoms with van der Waals surface area (Å²) in [4.78, 5) is 27.4. The molecule has 0 aliphatic rings. The zero-order valence-corrected chi connectivity index (χ0v) is 13.6. The summed E-state index contributed by atoms with van der Waals surface area (Å²) in [6.45, 7) is 8.35. The van der Waals surface area contributed by atoms with Crippen molar-refractivity contribution in [2.75, 3.05) is 13.2 Å². The lowest BCUT2D eigenvalue weighted by atomic mass is 10.1. The van der Waals surface area contributed by atoms with Crippen LogP contribution in [0.5, 0.6) is 0 Å². The minimum Gasteiger partial charge on any atom is -0.354 e. The molecule has 0 spiro atoms. The van der Waals surface area contributed by atoms with Crippen LogP contribution >= 0.6 is 0 Å². The molecule has 0 aromatic carbocycles. The van der Waals surface area contributed by atoms with E-state index < -0.39 is 0 Å². The van der Waals surface area contributed by atoms with E-state index in [2.05, 4.69) is 20.8 Å². The number of nitrogens with one attached hydrogen (secondary N) is 3. The highest BCUT2D eigenvalue weighted by Crippen LogP contribution is 2.03. The van der Waals surface area contributed by atoms with Gasteiger partial charge in [0.1, 0.15) is 6.61 Å². The van der Waals surface area contributed by atoms with Crippen LogP contribution in [0.4, 0.5) is 0 Å². The Labute approximate surface area is 127 Å². The number of carbonyl (C=O) groups excluding carboxylic acids is 2. The third-order valence-corrected chi connectivity index (χ3v) is 2.74. The molecule has 0 rings (SSSR count). The lowest BCUT2D eigenvalue weighted by Gasteiger charge is -2.22. The summed E-state index contributed by atoms with van der Waals surface area (Å²) in [5, 5.41) is 8.89. The lowest BCUT2D eigenvalue weighted by Crippen LogP contribution is -2.48. The predicted molar refractivity (Wildman–Crippen MR) is 82.3 cm³/mol. The molecule has 0 radical (unpaired) electrons. The number of carbonyl (C=O) groups is 2. The first-order valence-electron chi connectivity index (χ1n) is 7.51. The Bertz CT molecular complexity index is 309. The van der Waals surface area contributed by atoms with Crippen molar-refractivity contribution < 1.29 is 14.4 Å². The van der Waals surface area contributed by atoms with Gasteiger partial charge in [-0.1, -0.05) is 13.8 Å². The van der Waals surface area contributed by atoms with Gasteiger partial charge in [0.15, 0.2) is 0 Å². The zero-order chi connectivity index (χ0) is 16.3. The van der Waals surface area contributed by atoms with Crippen LogP contribution in [0.15, 0.2) is 0 Å². The Morgan fingerprint density at radius 2 is 1.76 bits per heavy atom. The van der Waals surface area contributed by atoms with Crippen LogP contribution in [0.25, 0.3) is 0 Å². The summed E-state index contributed by atoms with van der Waals surface area (Å²) >= 11 is 0. The number of hydrogen-bond acceptors (Lipinski definition) is 5. The molecular weight excluding hydrogens is 272 g/mol. The molecule has 21 heavy (non-hydrogen) atoms. The van der Waals surface area contributed by atoms with Gasteiger partial charge in [0.05, 0.1) is 6.04 Å². The van der Waals surface area contributed by atoms with E-state index in [9.17, 15) is 9.59 Å². The van der Waals surface area contributed by atoms with Gasteiger partial charge in [-0.15, -0.1) is 0 Å². The van der Waals surface area contributed by atoms with Crippen LogP contribution < -0.4 is 21.8 Å². The Kier molecular flexibility index (Phi) is 10.8. The smallest absolute Gasteiger partial charge is 0.248 e. The van der Waals surface area contributed by atoms with Crippen LogP contribution in [-0.4, -0.2) is 43.1 Å². The highest BCUT2D eigenvalue weighted by molar-refractivity contribution is 5.82. The van der Waals surface area contributed by atoms with Crippen molar-refractivity contribution >= 4 is 11.8 Å². The normalized spacial score (nSPS) is 12.5. The van der Waals surface area contributed by atoms with E-state index in [1.54, 1.807) is 0 Å². The first-order valence-corrected chi connectivity index (χ1v) is 7.51. The summed E-state index contributed by atoms with van der Waals surface area (Å²) in [5.41, 5.74) is 0. The summed E-state index contributed by atoms with van der Waals surface area (Å²) in [6, 6.07) is 0.175. The van der Waals surface area contributed by atoms with Gasteiger partial charge < -0.3 is 16.0 Å². The monoisotopic (exact) mass is 302 g/mol. The second kappa shape index (κ2) is 11.5. The topological polar surface area (TPSA) is 105 Å². The van der Waals surface area contributed by atoms with E-state index in [4.69, 9.17) is 5.90 Å². The minimum absolute atomic E-state index is 0.0271. The molecule has 0 fully saturated rings. The average Bonchev–Trinajstić information content (AvgIpc) is 2.36. The molecule has 5 N–H and O–H groups in total. The largest absolute Gasteiger partial charge is 0.354 e. The number of unbranched alkanes of at least 4 members (excludes halogenated alkanes) is 1. The van der Waals surface area contributed by atoms with Crippen molar-refractivity contribution in [2.45, 2.75) is 65.1 Å². The van der Waals surface area contributed by atoms with Gasteiger partial charge in [0.25, 0.3) is 0 Å². The fourth-order valence-electron chi connectivity index (χ4n) is 1.91. The second-order valence-electron chi connectivity index (χ2n) is 5.69. The van der Waals surface area contributed by atoms with Crippen molar-refractivity contribution in [1.29, 1.82) is 0 Å². The van der Waals surface area contributed by atoms with Crippen molar-refractivity contribution in [2.24, 2.45) is 5.90 Å². The molecule has 0 aromatic rings. The number of hydrogen-bond donors (Lipinski definition) is 4. The third kappa shape index (κ3) is 11.2. The molecule has 0 aliphatic carbocycles. The molecule has 124 valence electrons. The van der Waals surface area contributed by atoms with Gasteiger partial charge in [-0.3, -0.25) is 14.4 Å². The van der Waals surface area contributed by atoms with Gasteiger partial charge in [0.2, 0.25) is 11.8 Å². The van der Waals surface area contributed by atoms with E-state index in [0.717, 1.165) is 19.3 Å². The number of nitrogens with two attached hydrogens (primary N) is 1. The zero-order valence-electron chi connectivity index (χ0n) is 13.6. The Hall–Kier alpha value is -1.18. The third-order valence-electron chi connectivity index (χ3n) is 2.74. The standard InChI is InChI=1S/C14H30N4O3/c1-10(2)17-12(14(20)18-11(3)4)7-5-6-8-16-13(19)9-21-15/h10-12,17H,5-9,15H2,1-4H3,(H,16,19)(H,18,20)/t12-/m0/s1. The molecule has 7 nitrogen and oxygen atoms in total. The van der Waals surface area contributed by atoms with Crippen LogP contribution in [0.1, 0.15) is 47.0 Å².